The van der Waals surface area contributed by atoms with Crippen LogP contribution in [0.25, 0.3) is 0 Å². The summed E-state index contributed by atoms with van der Waals surface area (Å²) in [7, 11) is 0. The van der Waals surface area contributed by atoms with E-state index in [9.17, 15) is 19.1 Å². The minimum Gasteiger partial charge on any atom is -0.507 e. The van der Waals surface area contributed by atoms with Gasteiger partial charge in [0.1, 0.15) is 11.6 Å². The lowest BCUT2D eigenvalue weighted by Gasteiger charge is -2.36. The molecule has 27 heavy (non-hydrogen) atoms. The Morgan fingerprint density at radius 1 is 1.04 bits per heavy atom. The Labute approximate surface area is 158 Å². The summed E-state index contributed by atoms with van der Waals surface area (Å²) in [5.74, 6) is -0.817. The van der Waals surface area contributed by atoms with E-state index in [4.69, 9.17) is 0 Å². The van der Waals surface area contributed by atoms with Crippen LogP contribution in [0.1, 0.15) is 22.8 Å². The molecule has 2 amide bonds. The van der Waals surface area contributed by atoms with Gasteiger partial charge in [0.15, 0.2) is 0 Å². The molecule has 0 bridgehead atoms. The Morgan fingerprint density at radius 3 is 2.37 bits per heavy atom. The highest BCUT2D eigenvalue weighted by Crippen LogP contribution is 2.20. The smallest absolute Gasteiger partial charge is 0.257 e. The number of hydrogen-bond donors (Lipinski definition) is 1. The van der Waals surface area contributed by atoms with Crippen molar-refractivity contribution in [2.75, 3.05) is 26.2 Å². The summed E-state index contributed by atoms with van der Waals surface area (Å²) in [6.45, 7) is 3.58. The quantitative estimate of drug-likeness (QED) is 0.900. The number of para-hydroxylation sites is 1. The zero-order valence-corrected chi connectivity index (χ0v) is 15.3. The highest BCUT2D eigenvalue weighted by molar-refractivity contribution is 5.97. The third kappa shape index (κ3) is 4.45. The highest BCUT2D eigenvalue weighted by atomic mass is 19.1. The van der Waals surface area contributed by atoms with Crippen LogP contribution in [0.4, 0.5) is 4.39 Å². The number of benzene rings is 2. The number of carbonyl (C=O) groups excluding carboxylic acids is 2. The van der Waals surface area contributed by atoms with Crippen molar-refractivity contribution >= 4 is 11.8 Å². The van der Waals surface area contributed by atoms with Crippen LogP contribution in [-0.2, 0) is 11.2 Å². The molecule has 5 nitrogen and oxygen atoms in total. The molecule has 1 aliphatic rings. The Hall–Kier alpha value is -2.89. The lowest BCUT2D eigenvalue weighted by atomic mass is 9.99. The number of nitrogens with zero attached hydrogens (tertiary/aromatic N) is 2. The second-order valence-corrected chi connectivity index (χ2v) is 6.87. The lowest BCUT2D eigenvalue weighted by Crippen LogP contribution is -2.51. The van der Waals surface area contributed by atoms with Crippen molar-refractivity contribution in [3.63, 3.8) is 0 Å². The number of halogens is 1. The summed E-state index contributed by atoms with van der Waals surface area (Å²) >= 11 is 0. The van der Waals surface area contributed by atoms with Crippen LogP contribution in [0.15, 0.2) is 48.5 Å². The van der Waals surface area contributed by atoms with E-state index in [0.29, 0.717) is 32.6 Å². The molecule has 1 heterocycles. The van der Waals surface area contributed by atoms with Crippen LogP contribution < -0.4 is 0 Å². The molecule has 142 valence electrons. The summed E-state index contributed by atoms with van der Waals surface area (Å²) in [5, 5.41) is 9.85. The number of phenolic OH excluding ortho intramolecular Hbond substituents is 1. The van der Waals surface area contributed by atoms with Crippen LogP contribution in [0.3, 0.4) is 0 Å². The van der Waals surface area contributed by atoms with Gasteiger partial charge in [-0.05, 0) is 36.2 Å². The predicted molar refractivity (Wildman–Crippen MR) is 99.9 cm³/mol. The molecule has 0 aliphatic carbocycles. The van der Waals surface area contributed by atoms with Crippen LogP contribution in [0.2, 0.25) is 0 Å². The van der Waals surface area contributed by atoms with Gasteiger partial charge in [-0.2, -0.15) is 0 Å². The second kappa shape index (κ2) is 8.20. The number of rotatable bonds is 4. The van der Waals surface area contributed by atoms with Crippen molar-refractivity contribution in [3.8, 4) is 5.75 Å². The minimum atomic E-state index is -0.302. The first-order valence-corrected chi connectivity index (χ1v) is 9.06. The molecule has 3 rings (SSSR count). The molecule has 1 saturated heterocycles. The van der Waals surface area contributed by atoms with Gasteiger partial charge < -0.3 is 14.9 Å². The third-order valence-corrected chi connectivity index (χ3v) is 4.87. The van der Waals surface area contributed by atoms with Crippen LogP contribution in [0, 0.1) is 11.7 Å². The lowest BCUT2D eigenvalue weighted by molar-refractivity contribution is -0.136. The topological polar surface area (TPSA) is 60.9 Å². The van der Waals surface area contributed by atoms with Crippen molar-refractivity contribution in [2.24, 2.45) is 5.92 Å². The van der Waals surface area contributed by atoms with Gasteiger partial charge in [-0.25, -0.2) is 4.39 Å². The highest BCUT2D eigenvalue weighted by Gasteiger charge is 2.28. The maximum Gasteiger partial charge on any atom is 0.257 e. The summed E-state index contributed by atoms with van der Waals surface area (Å²) in [6, 6.07) is 12.8. The third-order valence-electron chi connectivity index (χ3n) is 4.87. The molecule has 2 aromatic carbocycles. The number of carbonyl (C=O) groups is 2. The molecule has 0 radical (unpaired) electrons. The van der Waals surface area contributed by atoms with Gasteiger partial charge in [0.05, 0.1) is 5.56 Å². The summed E-state index contributed by atoms with van der Waals surface area (Å²) in [6.07, 6.45) is 0.480. The van der Waals surface area contributed by atoms with Gasteiger partial charge in [-0.1, -0.05) is 31.2 Å². The maximum absolute atomic E-state index is 13.3. The van der Waals surface area contributed by atoms with Gasteiger partial charge in [0.2, 0.25) is 5.91 Å². The standard InChI is InChI=1S/C21H23FN2O3/c1-15(13-16-5-4-6-17(22)14-16)20(26)23-9-11-24(12-10-23)21(27)18-7-2-3-8-19(18)25/h2-8,14-15,25H,9-13H2,1H3. The Balaban J connectivity index is 1.56. The van der Waals surface area contributed by atoms with E-state index in [2.05, 4.69) is 0 Å². The fourth-order valence-electron chi connectivity index (χ4n) is 3.37. The summed E-state index contributed by atoms with van der Waals surface area (Å²) < 4.78 is 13.3. The van der Waals surface area contributed by atoms with E-state index in [1.54, 1.807) is 34.1 Å². The Morgan fingerprint density at radius 2 is 1.70 bits per heavy atom. The molecule has 0 aromatic heterocycles. The first-order chi connectivity index (χ1) is 13.0. The largest absolute Gasteiger partial charge is 0.507 e. The molecule has 1 fully saturated rings. The van der Waals surface area contributed by atoms with Crippen LogP contribution >= 0.6 is 0 Å². The molecule has 1 N–H and O–H groups in total. The van der Waals surface area contributed by atoms with Gasteiger partial charge >= 0.3 is 0 Å². The second-order valence-electron chi connectivity index (χ2n) is 6.87. The van der Waals surface area contributed by atoms with Gasteiger partial charge in [0.25, 0.3) is 5.91 Å². The van der Waals surface area contributed by atoms with Gasteiger partial charge in [0, 0.05) is 32.1 Å². The number of aromatic hydroxyl groups is 1. The van der Waals surface area contributed by atoms with Crippen LogP contribution in [-0.4, -0.2) is 52.9 Å². The molecule has 0 saturated carbocycles. The van der Waals surface area contributed by atoms with Gasteiger partial charge in [-0.15, -0.1) is 0 Å². The fraction of sp³-hybridized carbons (Fsp3) is 0.333. The zero-order valence-electron chi connectivity index (χ0n) is 15.3. The molecule has 2 aromatic rings. The number of amides is 2. The Kier molecular flexibility index (Phi) is 5.74. The van der Waals surface area contributed by atoms with E-state index in [-0.39, 0.29) is 34.9 Å². The Bertz CT molecular complexity index is 832. The fourth-order valence-corrected chi connectivity index (χ4v) is 3.37. The monoisotopic (exact) mass is 370 g/mol. The molecule has 0 spiro atoms. The molecule has 1 aliphatic heterocycles. The SMILES string of the molecule is CC(Cc1cccc(F)c1)C(=O)N1CCN(C(=O)c2ccccc2O)CC1. The first-order valence-electron chi connectivity index (χ1n) is 9.06. The summed E-state index contributed by atoms with van der Waals surface area (Å²) in [5.41, 5.74) is 1.07. The zero-order chi connectivity index (χ0) is 19.4. The van der Waals surface area contributed by atoms with E-state index >= 15 is 0 Å². The predicted octanol–water partition coefficient (Wildman–Crippen LogP) is 2.69. The summed E-state index contributed by atoms with van der Waals surface area (Å²) in [4.78, 5) is 28.6. The molecule has 1 atom stereocenters. The molecule has 1 unspecified atom stereocenters. The van der Waals surface area contributed by atoms with Crippen molar-refractivity contribution in [1.82, 2.24) is 9.80 Å². The molecular formula is C21H23FN2O3. The van der Waals surface area contributed by atoms with Gasteiger partial charge in [-0.3, -0.25) is 9.59 Å². The van der Waals surface area contributed by atoms with E-state index < -0.39 is 0 Å². The van der Waals surface area contributed by atoms with Crippen molar-refractivity contribution in [2.45, 2.75) is 13.3 Å². The number of hydrogen-bond acceptors (Lipinski definition) is 3. The van der Waals surface area contributed by atoms with Crippen molar-refractivity contribution < 1.29 is 19.1 Å². The van der Waals surface area contributed by atoms with E-state index in [1.807, 2.05) is 13.0 Å². The van der Waals surface area contributed by atoms with E-state index in [0.717, 1.165) is 5.56 Å². The number of phenols is 1. The first kappa shape index (κ1) is 18.9. The normalized spacial score (nSPS) is 15.5. The molecular weight excluding hydrogens is 347 g/mol. The minimum absolute atomic E-state index is 0.00826. The average Bonchev–Trinajstić information content (AvgIpc) is 2.67. The number of piperazine rings is 1. The van der Waals surface area contributed by atoms with Crippen molar-refractivity contribution in [1.29, 1.82) is 0 Å². The maximum atomic E-state index is 13.3. The molecule has 6 heteroatoms. The van der Waals surface area contributed by atoms with E-state index in [1.165, 1.54) is 18.2 Å². The van der Waals surface area contributed by atoms with Crippen molar-refractivity contribution in [3.05, 3.63) is 65.5 Å². The van der Waals surface area contributed by atoms with Crippen LogP contribution in [0.5, 0.6) is 5.75 Å². The average molecular weight is 370 g/mol.